The summed E-state index contributed by atoms with van der Waals surface area (Å²) in [5.41, 5.74) is 0.911. The Labute approximate surface area is 125 Å². The van der Waals surface area contributed by atoms with Gasteiger partial charge in [-0.2, -0.15) is 5.26 Å². The van der Waals surface area contributed by atoms with Crippen molar-refractivity contribution in [3.63, 3.8) is 0 Å². The number of benzene rings is 1. The Hall–Kier alpha value is -1.58. The van der Waals surface area contributed by atoms with E-state index in [1.54, 1.807) is 31.2 Å². The molecule has 6 heteroatoms. The van der Waals surface area contributed by atoms with Gasteiger partial charge in [-0.3, -0.25) is 0 Å². The van der Waals surface area contributed by atoms with E-state index in [4.69, 9.17) is 14.7 Å². The third kappa shape index (κ3) is 4.19. The predicted octanol–water partition coefficient (Wildman–Crippen LogP) is 1.72. The smallest absolute Gasteiger partial charge is 0.159 e. The summed E-state index contributed by atoms with van der Waals surface area (Å²) >= 11 is 0. The van der Waals surface area contributed by atoms with Crippen LogP contribution in [0.5, 0.6) is 5.75 Å². The molecule has 0 amide bonds. The monoisotopic (exact) mass is 309 g/mol. The van der Waals surface area contributed by atoms with Crippen molar-refractivity contribution >= 4 is 9.84 Å². The van der Waals surface area contributed by atoms with Crippen molar-refractivity contribution in [2.24, 2.45) is 0 Å². The van der Waals surface area contributed by atoms with E-state index in [2.05, 4.69) is 6.07 Å². The molecular weight excluding hydrogens is 290 g/mol. The van der Waals surface area contributed by atoms with Gasteiger partial charge in [-0.25, -0.2) is 8.42 Å². The Bertz CT molecular complexity index is 604. The van der Waals surface area contributed by atoms with Crippen LogP contribution in [-0.4, -0.2) is 38.7 Å². The Morgan fingerprint density at radius 1 is 1.38 bits per heavy atom. The number of hydrogen-bond acceptors (Lipinski definition) is 5. The Morgan fingerprint density at radius 2 is 2.10 bits per heavy atom. The number of nitriles is 1. The van der Waals surface area contributed by atoms with E-state index in [-0.39, 0.29) is 18.5 Å². The van der Waals surface area contributed by atoms with Crippen LogP contribution in [0.1, 0.15) is 18.9 Å². The van der Waals surface area contributed by atoms with Gasteiger partial charge < -0.3 is 9.47 Å². The minimum Gasteiger partial charge on any atom is -0.493 e. The molecule has 0 aromatic heterocycles. The van der Waals surface area contributed by atoms with E-state index in [1.165, 1.54) is 0 Å². The molecule has 0 saturated carbocycles. The lowest BCUT2D eigenvalue weighted by Crippen LogP contribution is -2.32. The van der Waals surface area contributed by atoms with Gasteiger partial charge in [0.2, 0.25) is 0 Å². The molecule has 114 valence electrons. The van der Waals surface area contributed by atoms with Gasteiger partial charge in [0.1, 0.15) is 12.4 Å². The highest BCUT2D eigenvalue weighted by atomic mass is 32.2. The van der Waals surface area contributed by atoms with Crippen LogP contribution in [0.3, 0.4) is 0 Å². The van der Waals surface area contributed by atoms with Gasteiger partial charge in [-0.05, 0) is 31.0 Å². The lowest BCUT2D eigenvalue weighted by Gasteiger charge is -2.15. The van der Waals surface area contributed by atoms with Gasteiger partial charge in [0.25, 0.3) is 0 Å². The van der Waals surface area contributed by atoms with Crippen LogP contribution in [0.25, 0.3) is 0 Å². The molecule has 1 aliphatic heterocycles. The topological polar surface area (TPSA) is 76.4 Å². The van der Waals surface area contributed by atoms with Crippen molar-refractivity contribution in [3.05, 3.63) is 29.8 Å². The molecular formula is C15H19NO4S. The molecule has 0 radical (unpaired) electrons. The molecule has 0 N–H and O–H groups in total. The molecule has 2 unspecified atom stereocenters. The zero-order valence-electron chi connectivity index (χ0n) is 12.0. The van der Waals surface area contributed by atoms with E-state index in [0.29, 0.717) is 25.2 Å². The highest BCUT2D eigenvalue weighted by molar-refractivity contribution is 7.92. The van der Waals surface area contributed by atoms with Crippen molar-refractivity contribution in [2.45, 2.75) is 31.1 Å². The number of hydrogen-bond donors (Lipinski definition) is 0. The SMILES string of the molecule is CC1OCCC1S(=O)(=O)CCOc1ccc(CC#N)cc1. The summed E-state index contributed by atoms with van der Waals surface area (Å²) in [5.74, 6) is 0.605. The summed E-state index contributed by atoms with van der Waals surface area (Å²) in [6.45, 7) is 2.43. The quantitative estimate of drug-likeness (QED) is 0.799. The van der Waals surface area contributed by atoms with Crippen LogP contribution in [0.2, 0.25) is 0 Å². The fraction of sp³-hybridized carbons (Fsp3) is 0.533. The molecule has 0 spiro atoms. The van der Waals surface area contributed by atoms with E-state index < -0.39 is 15.1 Å². The first kappa shape index (κ1) is 15.8. The van der Waals surface area contributed by atoms with Crippen LogP contribution in [0, 0.1) is 11.3 Å². The first-order valence-electron chi connectivity index (χ1n) is 6.95. The second-order valence-corrected chi connectivity index (χ2v) is 7.44. The minimum absolute atomic E-state index is 0.00862. The normalized spacial score (nSPS) is 21.9. The standard InChI is InChI=1S/C15H19NO4S/c1-12-15(7-9-19-12)21(17,18)11-10-20-14-4-2-13(3-5-14)6-8-16/h2-5,12,15H,6-7,9-11H2,1H3. The van der Waals surface area contributed by atoms with E-state index >= 15 is 0 Å². The van der Waals surface area contributed by atoms with Gasteiger partial charge in [0.05, 0.1) is 29.6 Å². The molecule has 2 atom stereocenters. The fourth-order valence-corrected chi connectivity index (χ4v) is 4.14. The largest absolute Gasteiger partial charge is 0.493 e. The van der Waals surface area contributed by atoms with E-state index in [0.717, 1.165) is 5.56 Å². The number of ether oxygens (including phenoxy) is 2. The van der Waals surface area contributed by atoms with Crippen molar-refractivity contribution < 1.29 is 17.9 Å². The van der Waals surface area contributed by atoms with Crippen LogP contribution >= 0.6 is 0 Å². The molecule has 1 aliphatic rings. The zero-order chi connectivity index (χ0) is 15.3. The van der Waals surface area contributed by atoms with Gasteiger partial charge in [-0.15, -0.1) is 0 Å². The van der Waals surface area contributed by atoms with Crippen LogP contribution < -0.4 is 4.74 Å². The Morgan fingerprint density at radius 3 is 2.67 bits per heavy atom. The van der Waals surface area contributed by atoms with Gasteiger partial charge >= 0.3 is 0 Å². The molecule has 1 heterocycles. The zero-order valence-corrected chi connectivity index (χ0v) is 12.8. The van der Waals surface area contributed by atoms with E-state index in [9.17, 15) is 8.42 Å². The summed E-state index contributed by atoms with van der Waals surface area (Å²) in [4.78, 5) is 0. The number of sulfone groups is 1. The third-order valence-corrected chi connectivity index (χ3v) is 5.89. The maximum atomic E-state index is 12.2. The highest BCUT2D eigenvalue weighted by Crippen LogP contribution is 2.21. The maximum absolute atomic E-state index is 12.2. The predicted molar refractivity (Wildman–Crippen MR) is 78.9 cm³/mol. The van der Waals surface area contributed by atoms with E-state index in [1.807, 2.05) is 0 Å². The highest BCUT2D eigenvalue weighted by Gasteiger charge is 2.35. The Balaban J connectivity index is 1.85. The lowest BCUT2D eigenvalue weighted by atomic mass is 10.2. The van der Waals surface area contributed by atoms with Crippen LogP contribution in [0.4, 0.5) is 0 Å². The molecule has 0 bridgehead atoms. The molecule has 1 fully saturated rings. The van der Waals surface area contributed by atoms with Crippen LogP contribution in [-0.2, 0) is 21.0 Å². The lowest BCUT2D eigenvalue weighted by molar-refractivity contribution is 0.126. The van der Waals surface area contributed by atoms with Crippen molar-refractivity contribution in [3.8, 4) is 11.8 Å². The average molecular weight is 309 g/mol. The summed E-state index contributed by atoms with van der Waals surface area (Å²) in [6, 6.07) is 9.18. The first-order valence-corrected chi connectivity index (χ1v) is 8.66. The fourth-order valence-electron chi connectivity index (χ4n) is 2.41. The molecule has 2 rings (SSSR count). The van der Waals surface area contributed by atoms with Gasteiger partial charge in [0.15, 0.2) is 9.84 Å². The van der Waals surface area contributed by atoms with Crippen molar-refractivity contribution in [1.29, 1.82) is 5.26 Å². The van der Waals surface area contributed by atoms with Crippen molar-refractivity contribution in [1.82, 2.24) is 0 Å². The van der Waals surface area contributed by atoms with Crippen LogP contribution in [0.15, 0.2) is 24.3 Å². The van der Waals surface area contributed by atoms with Gasteiger partial charge in [-0.1, -0.05) is 12.1 Å². The molecule has 1 saturated heterocycles. The second-order valence-electron chi connectivity index (χ2n) is 5.10. The number of nitrogens with zero attached hydrogens (tertiary/aromatic N) is 1. The first-order chi connectivity index (χ1) is 10.0. The summed E-state index contributed by atoms with van der Waals surface area (Å²) < 4.78 is 35.1. The summed E-state index contributed by atoms with van der Waals surface area (Å²) in [6.07, 6.45) is 0.681. The minimum atomic E-state index is -3.19. The maximum Gasteiger partial charge on any atom is 0.159 e. The Kier molecular flexibility index (Phi) is 5.21. The molecule has 21 heavy (non-hydrogen) atoms. The summed E-state index contributed by atoms with van der Waals surface area (Å²) in [5, 5.41) is 8.17. The van der Waals surface area contributed by atoms with Crippen molar-refractivity contribution in [2.75, 3.05) is 19.0 Å². The molecule has 1 aromatic rings. The summed E-state index contributed by atoms with van der Waals surface area (Å²) in [7, 11) is -3.19. The third-order valence-electron chi connectivity index (χ3n) is 3.61. The number of rotatable bonds is 6. The molecule has 0 aliphatic carbocycles. The molecule has 1 aromatic carbocycles. The molecule has 5 nitrogen and oxygen atoms in total. The van der Waals surface area contributed by atoms with Gasteiger partial charge in [0, 0.05) is 6.61 Å². The average Bonchev–Trinajstić information content (AvgIpc) is 2.88. The second kappa shape index (κ2) is 6.92.